The van der Waals surface area contributed by atoms with Crippen LogP contribution in [0.25, 0.3) is 22.0 Å². The van der Waals surface area contributed by atoms with Gasteiger partial charge in [0.25, 0.3) is 6.43 Å². The van der Waals surface area contributed by atoms with E-state index in [1.54, 1.807) is 0 Å². The van der Waals surface area contributed by atoms with E-state index in [-0.39, 0.29) is 6.61 Å². The quantitative estimate of drug-likeness (QED) is 0.341. The lowest BCUT2D eigenvalue weighted by molar-refractivity contribution is -0.160. The maximum absolute atomic E-state index is 12.7. The maximum atomic E-state index is 12.7. The molecule has 1 aliphatic rings. The zero-order chi connectivity index (χ0) is 27.1. The fourth-order valence-electron chi connectivity index (χ4n) is 5.28. The van der Waals surface area contributed by atoms with Crippen molar-refractivity contribution in [3.8, 4) is 11.1 Å². The Kier molecular flexibility index (Phi) is 7.62. The Bertz CT molecular complexity index is 1290. The highest BCUT2D eigenvalue weighted by Gasteiger charge is 2.35. The van der Waals surface area contributed by atoms with Gasteiger partial charge < -0.3 is 24.0 Å². The van der Waals surface area contributed by atoms with Gasteiger partial charge in [-0.1, -0.05) is 29.8 Å². The number of ether oxygens (including phenoxy) is 2. The van der Waals surface area contributed by atoms with E-state index < -0.39 is 30.7 Å². The van der Waals surface area contributed by atoms with E-state index in [9.17, 15) is 18.7 Å². The molecule has 1 aliphatic heterocycles. The highest BCUT2D eigenvalue weighted by molar-refractivity contribution is 6.07. The van der Waals surface area contributed by atoms with Crippen LogP contribution in [0.2, 0.25) is 0 Å². The molecule has 0 saturated heterocycles. The minimum atomic E-state index is -2.51. The summed E-state index contributed by atoms with van der Waals surface area (Å²) in [6, 6.07) is 10.2. The van der Waals surface area contributed by atoms with Crippen molar-refractivity contribution in [1.82, 2.24) is 4.57 Å². The number of aliphatic carboxylic acids is 1. The van der Waals surface area contributed by atoms with Crippen molar-refractivity contribution in [2.45, 2.75) is 66.2 Å². The van der Waals surface area contributed by atoms with E-state index in [0.29, 0.717) is 18.7 Å². The third-order valence-corrected chi connectivity index (χ3v) is 6.78. The number of aromatic nitrogens is 1. The number of carbonyl (C=O) groups is 1. The molecule has 0 amide bonds. The average molecular weight is 515 g/mol. The van der Waals surface area contributed by atoms with E-state index in [2.05, 4.69) is 22.5 Å². The van der Waals surface area contributed by atoms with Crippen LogP contribution < -0.4 is 4.90 Å². The van der Waals surface area contributed by atoms with Crippen LogP contribution in [0.4, 0.5) is 14.5 Å². The van der Waals surface area contributed by atoms with Crippen LogP contribution in [0.1, 0.15) is 49.3 Å². The summed E-state index contributed by atoms with van der Waals surface area (Å²) in [4.78, 5) is 14.8. The second kappa shape index (κ2) is 10.4. The summed E-state index contributed by atoms with van der Waals surface area (Å²) in [5.74, 6) is -1.06. The number of carboxylic acid groups (broad SMARTS) is 1. The monoisotopic (exact) mass is 514 g/mol. The molecule has 8 heteroatoms. The number of alkyl halides is 2. The molecule has 37 heavy (non-hydrogen) atoms. The summed E-state index contributed by atoms with van der Waals surface area (Å²) in [5, 5.41) is 11.4. The van der Waals surface area contributed by atoms with Crippen molar-refractivity contribution >= 4 is 22.6 Å². The lowest BCUT2D eigenvalue weighted by atomic mass is 9.87. The Morgan fingerprint density at radius 1 is 1.11 bits per heavy atom. The van der Waals surface area contributed by atoms with Crippen LogP contribution in [0.3, 0.4) is 0 Å². The third kappa shape index (κ3) is 5.50. The molecular formula is C29H36F2N2O4. The normalized spacial score (nSPS) is 14.6. The number of hydrogen-bond donors (Lipinski definition) is 1. The zero-order valence-corrected chi connectivity index (χ0v) is 22.4. The maximum Gasteiger partial charge on any atom is 0.337 e. The van der Waals surface area contributed by atoms with Gasteiger partial charge in [-0.15, -0.1) is 0 Å². The molecule has 1 aromatic heterocycles. The zero-order valence-electron chi connectivity index (χ0n) is 22.4. The van der Waals surface area contributed by atoms with Gasteiger partial charge in [0.05, 0.1) is 23.4 Å². The van der Waals surface area contributed by atoms with E-state index in [1.165, 1.54) is 0 Å². The molecule has 1 N–H and O–H groups in total. The number of benzene rings is 2. The van der Waals surface area contributed by atoms with Crippen molar-refractivity contribution in [2.24, 2.45) is 0 Å². The van der Waals surface area contributed by atoms with E-state index in [4.69, 9.17) is 9.47 Å². The minimum Gasteiger partial charge on any atom is -0.479 e. The van der Waals surface area contributed by atoms with Crippen LogP contribution in [-0.2, 0) is 20.8 Å². The van der Waals surface area contributed by atoms with Gasteiger partial charge >= 0.3 is 5.97 Å². The highest BCUT2D eigenvalue weighted by Crippen LogP contribution is 2.47. The van der Waals surface area contributed by atoms with Crippen LogP contribution in [-0.4, -0.2) is 54.0 Å². The molecule has 0 bridgehead atoms. The Morgan fingerprint density at radius 2 is 1.78 bits per heavy atom. The Balaban J connectivity index is 1.99. The second-order valence-electron chi connectivity index (χ2n) is 10.7. The van der Waals surface area contributed by atoms with Crippen molar-refractivity contribution in [3.63, 3.8) is 0 Å². The number of aryl methyl sites for hydroxylation is 2. The lowest BCUT2D eigenvalue weighted by Gasteiger charge is -2.36. The highest BCUT2D eigenvalue weighted by atomic mass is 19.3. The van der Waals surface area contributed by atoms with Gasteiger partial charge in [-0.25, -0.2) is 13.6 Å². The van der Waals surface area contributed by atoms with E-state index in [1.807, 2.05) is 58.9 Å². The van der Waals surface area contributed by atoms with Gasteiger partial charge in [0.2, 0.25) is 0 Å². The molecule has 6 nitrogen and oxygen atoms in total. The standard InChI is InChI=1S/C29H36F2N2O4/c1-17-7-9-20(10-8-17)24-21-15-18(2)33-12-11-32(13-14-36-16-22(30)31)25(26(21)33)19(3)23(24)27(28(34)35)37-29(4,5)6/h7-10,15,22,27H,11-14,16H2,1-6H3,(H,34,35). The van der Waals surface area contributed by atoms with Crippen LogP contribution in [0, 0.1) is 20.8 Å². The molecule has 200 valence electrons. The van der Waals surface area contributed by atoms with E-state index in [0.717, 1.165) is 51.1 Å². The van der Waals surface area contributed by atoms with Gasteiger partial charge in [-0.05, 0) is 64.3 Å². The molecule has 4 rings (SSSR count). The summed E-state index contributed by atoms with van der Waals surface area (Å²) >= 11 is 0. The van der Waals surface area contributed by atoms with Gasteiger partial charge in [0.1, 0.15) is 6.61 Å². The van der Waals surface area contributed by atoms with Crippen LogP contribution in [0.5, 0.6) is 0 Å². The predicted molar refractivity (Wildman–Crippen MR) is 142 cm³/mol. The second-order valence-corrected chi connectivity index (χ2v) is 10.7. The molecule has 0 spiro atoms. The molecule has 0 radical (unpaired) electrons. The van der Waals surface area contributed by atoms with Crippen molar-refractivity contribution in [3.05, 3.63) is 52.7 Å². The predicted octanol–water partition coefficient (Wildman–Crippen LogP) is 6.28. The smallest absolute Gasteiger partial charge is 0.337 e. The average Bonchev–Trinajstić information content (AvgIpc) is 3.14. The van der Waals surface area contributed by atoms with Gasteiger partial charge in [0, 0.05) is 36.3 Å². The number of nitrogens with zero attached hydrogens (tertiary/aromatic N) is 2. The summed E-state index contributed by atoms with van der Waals surface area (Å²) in [5.41, 5.74) is 6.63. The first-order valence-electron chi connectivity index (χ1n) is 12.6. The van der Waals surface area contributed by atoms with Crippen molar-refractivity contribution in [2.75, 3.05) is 31.2 Å². The fourth-order valence-corrected chi connectivity index (χ4v) is 5.28. The molecule has 1 atom stereocenters. The molecule has 0 fully saturated rings. The largest absolute Gasteiger partial charge is 0.479 e. The molecule has 2 heterocycles. The molecule has 3 aromatic rings. The Labute approximate surface area is 216 Å². The molecular weight excluding hydrogens is 478 g/mol. The van der Waals surface area contributed by atoms with Gasteiger partial charge in [0.15, 0.2) is 6.10 Å². The first kappa shape index (κ1) is 27.1. The first-order valence-corrected chi connectivity index (χ1v) is 12.6. The van der Waals surface area contributed by atoms with Gasteiger partial charge in [-0.3, -0.25) is 0 Å². The topological polar surface area (TPSA) is 63.9 Å². The summed E-state index contributed by atoms with van der Waals surface area (Å²) in [7, 11) is 0. The minimum absolute atomic E-state index is 0.154. The summed E-state index contributed by atoms with van der Waals surface area (Å²) in [6.07, 6.45) is -3.71. The molecule has 0 saturated carbocycles. The lowest BCUT2D eigenvalue weighted by Crippen LogP contribution is -2.36. The van der Waals surface area contributed by atoms with Gasteiger partial charge in [-0.2, -0.15) is 0 Å². The number of carboxylic acids is 1. The van der Waals surface area contributed by atoms with Crippen LogP contribution in [0.15, 0.2) is 30.3 Å². The number of halogens is 2. The molecule has 2 aromatic carbocycles. The molecule has 0 aliphatic carbocycles. The van der Waals surface area contributed by atoms with Crippen molar-refractivity contribution < 1.29 is 28.2 Å². The number of rotatable bonds is 9. The summed E-state index contributed by atoms with van der Waals surface area (Å²) < 4.78 is 38.9. The van der Waals surface area contributed by atoms with E-state index >= 15 is 0 Å². The number of hydrogen-bond acceptors (Lipinski definition) is 4. The summed E-state index contributed by atoms with van der Waals surface area (Å²) in [6.45, 7) is 12.9. The number of anilines is 1. The van der Waals surface area contributed by atoms with Crippen LogP contribution >= 0.6 is 0 Å². The third-order valence-electron chi connectivity index (χ3n) is 6.78. The SMILES string of the molecule is Cc1ccc(-c2c(C(OC(C)(C)C)C(=O)O)c(C)c3c4c2cc(C)n4CCN3CCOCC(F)F)cc1. The Hall–Kier alpha value is -2.97. The Morgan fingerprint density at radius 3 is 2.38 bits per heavy atom. The molecule has 1 unspecified atom stereocenters. The van der Waals surface area contributed by atoms with Crippen molar-refractivity contribution in [1.29, 1.82) is 0 Å². The first-order chi connectivity index (χ1) is 17.4. The fraction of sp³-hybridized carbons (Fsp3) is 0.483.